The molecule has 0 saturated carbocycles. The Labute approximate surface area is 167 Å². The predicted molar refractivity (Wildman–Crippen MR) is 108 cm³/mol. The van der Waals surface area contributed by atoms with Crippen LogP contribution in [0.4, 0.5) is 0 Å². The number of aromatic amines is 1. The lowest BCUT2D eigenvalue weighted by Gasteiger charge is -2.47. The van der Waals surface area contributed by atoms with E-state index < -0.39 is 0 Å². The second-order valence-electron chi connectivity index (χ2n) is 8.54. The molecule has 2 aromatic rings. The first-order valence-electron chi connectivity index (χ1n) is 10.7. The number of carbonyl (C=O) groups is 1. The average molecular weight is 385 g/mol. The van der Waals surface area contributed by atoms with Crippen LogP contribution in [0.1, 0.15) is 56.2 Å². The molecule has 2 aliphatic rings. The van der Waals surface area contributed by atoms with Crippen molar-refractivity contribution in [2.24, 2.45) is 5.41 Å². The van der Waals surface area contributed by atoms with Gasteiger partial charge in [0.15, 0.2) is 0 Å². The summed E-state index contributed by atoms with van der Waals surface area (Å²) >= 11 is 0. The Kier molecular flexibility index (Phi) is 5.85. The van der Waals surface area contributed by atoms with E-state index in [-0.39, 0.29) is 0 Å². The number of hydrogen-bond acceptors (Lipinski definition) is 4. The zero-order valence-electron chi connectivity index (χ0n) is 17.0. The number of aromatic nitrogens is 2. The summed E-state index contributed by atoms with van der Waals surface area (Å²) in [5, 5.41) is 0. The van der Waals surface area contributed by atoms with Crippen LogP contribution in [-0.4, -0.2) is 51.9 Å². The van der Waals surface area contributed by atoms with Crippen LogP contribution in [0, 0.1) is 5.41 Å². The molecule has 0 radical (unpaired) electrons. The van der Waals surface area contributed by atoms with Crippen LogP contribution in [0.2, 0.25) is 0 Å². The molecular weight excluding hydrogens is 352 g/mol. The molecule has 4 rings (SSSR count). The van der Waals surface area contributed by atoms with Gasteiger partial charge in [0.1, 0.15) is 11.5 Å². The number of rotatable bonds is 7. The number of imidazole rings is 1. The Balaban J connectivity index is 1.29. The quantitative estimate of drug-likeness (QED) is 0.795. The fourth-order valence-electron chi connectivity index (χ4n) is 4.68. The molecule has 0 aliphatic carbocycles. The molecule has 6 nitrogen and oxygen atoms in total. The molecule has 0 aromatic carbocycles. The molecule has 28 heavy (non-hydrogen) atoms. The molecule has 1 amide bonds. The number of hydrogen-bond donors (Lipinski definition) is 1. The van der Waals surface area contributed by atoms with Crippen molar-refractivity contribution in [3.05, 3.63) is 41.9 Å². The average Bonchev–Trinajstić information content (AvgIpc) is 3.37. The number of furan rings is 1. The molecule has 2 aromatic heterocycles. The van der Waals surface area contributed by atoms with Gasteiger partial charge in [-0.1, -0.05) is 6.92 Å². The minimum absolute atomic E-state index is 0.301. The number of nitrogens with zero attached hydrogens (tertiary/aromatic N) is 3. The Morgan fingerprint density at radius 3 is 2.75 bits per heavy atom. The summed E-state index contributed by atoms with van der Waals surface area (Å²) in [6, 6.07) is 4.25. The van der Waals surface area contributed by atoms with Crippen LogP contribution in [0.5, 0.6) is 0 Å². The van der Waals surface area contributed by atoms with Gasteiger partial charge in [-0.15, -0.1) is 0 Å². The maximum Gasteiger partial charge on any atom is 0.222 e. The number of likely N-dealkylation sites (tertiary alicyclic amines) is 2. The monoisotopic (exact) mass is 384 g/mol. The Morgan fingerprint density at radius 2 is 2.00 bits per heavy atom. The second kappa shape index (κ2) is 8.52. The van der Waals surface area contributed by atoms with E-state index in [0.29, 0.717) is 17.7 Å². The Hall–Kier alpha value is -2.08. The highest BCUT2D eigenvalue weighted by Gasteiger charge is 2.40. The van der Waals surface area contributed by atoms with E-state index in [1.54, 1.807) is 6.33 Å². The fraction of sp³-hybridized carbons (Fsp3) is 0.636. The summed E-state index contributed by atoms with van der Waals surface area (Å²) in [5.74, 6) is 2.50. The minimum Gasteiger partial charge on any atom is -0.465 e. The van der Waals surface area contributed by atoms with Crippen LogP contribution in [0.3, 0.4) is 0 Å². The lowest BCUT2D eigenvalue weighted by molar-refractivity contribution is -0.139. The first-order valence-corrected chi connectivity index (χ1v) is 10.7. The molecule has 0 unspecified atom stereocenters. The van der Waals surface area contributed by atoms with E-state index in [0.717, 1.165) is 75.6 Å². The van der Waals surface area contributed by atoms with Gasteiger partial charge in [0.2, 0.25) is 5.91 Å². The molecule has 2 saturated heterocycles. The molecule has 6 heteroatoms. The number of H-pyrrole nitrogens is 1. The van der Waals surface area contributed by atoms with Crippen molar-refractivity contribution in [3.8, 4) is 0 Å². The van der Waals surface area contributed by atoms with Crippen LogP contribution in [0.25, 0.3) is 0 Å². The Bertz CT molecular complexity index is 759. The number of amides is 1. The predicted octanol–water partition coefficient (Wildman–Crippen LogP) is 3.40. The van der Waals surface area contributed by atoms with Crippen molar-refractivity contribution in [1.82, 2.24) is 19.8 Å². The maximum atomic E-state index is 12.4. The van der Waals surface area contributed by atoms with Crippen molar-refractivity contribution in [2.75, 3.05) is 26.2 Å². The van der Waals surface area contributed by atoms with Crippen LogP contribution in [-0.2, 0) is 24.2 Å². The maximum absolute atomic E-state index is 12.4. The Morgan fingerprint density at radius 1 is 1.18 bits per heavy atom. The van der Waals surface area contributed by atoms with E-state index in [2.05, 4.69) is 38.8 Å². The van der Waals surface area contributed by atoms with Gasteiger partial charge in [0.05, 0.1) is 12.9 Å². The zero-order valence-corrected chi connectivity index (χ0v) is 17.0. The first-order chi connectivity index (χ1) is 13.7. The molecule has 0 bridgehead atoms. The lowest BCUT2D eigenvalue weighted by atomic mass is 9.72. The zero-order chi connectivity index (χ0) is 19.4. The molecule has 2 aliphatic heterocycles. The van der Waals surface area contributed by atoms with E-state index in [1.807, 2.05) is 6.20 Å². The van der Waals surface area contributed by atoms with Crippen molar-refractivity contribution in [3.63, 3.8) is 0 Å². The van der Waals surface area contributed by atoms with Gasteiger partial charge in [-0.3, -0.25) is 9.69 Å². The van der Waals surface area contributed by atoms with Crippen molar-refractivity contribution in [2.45, 2.75) is 58.4 Å². The highest BCUT2D eigenvalue weighted by Crippen LogP contribution is 2.40. The summed E-state index contributed by atoms with van der Waals surface area (Å²) < 4.78 is 5.96. The number of carbonyl (C=O) groups excluding carboxylic acids is 1. The molecular formula is C22H32N4O2. The molecule has 152 valence electrons. The van der Waals surface area contributed by atoms with Crippen LogP contribution in [0.15, 0.2) is 29.1 Å². The summed E-state index contributed by atoms with van der Waals surface area (Å²) in [7, 11) is 0. The third-order valence-corrected chi connectivity index (χ3v) is 6.46. The third kappa shape index (κ3) is 4.49. The molecule has 0 atom stereocenters. The highest BCUT2D eigenvalue weighted by atomic mass is 16.3. The van der Waals surface area contributed by atoms with Gasteiger partial charge in [-0.2, -0.15) is 0 Å². The highest BCUT2D eigenvalue weighted by molar-refractivity contribution is 5.77. The number of aryl methyl sites for hydroxylation is 1. The van der Waals surface area contributed by atoms with Gasteiger partial charge in [-0.05, 0) is 56.3 Å². The number of piperidine rings is 2. The van der Waals surface area contributed by atoms with E-state index >= 15 is 0 Å². The third-order valence-electron chi connectivity index (χ3n) is 6.46. The molecule has 1 N–H and O–H groups in total. The summed E-state index contributed by atoms with van der Waals surface area (Å²) in [4.78, 5) is 24.2. The smallest absolute Gasteiger partial charge is 0.222 e. The largest absolute Gasteiger partial charge is 0.465 e. The van der Waals surface area contributed by atoms with Crippen molar-refractivity contribution >= 4 is 5.91 Å². The van der Waals surface area contributed by atoms with Gasteiger partial charge in [0, 0.05) is 44.2 Å². The SMILES string of the molecule is CCCc1ccc(CN2CCC3(CCC(=O)N(CCc4cnc[nH]4)C3)CC2)o1. The van der Waals surface area contributed by atoms with Crippen LogP contribution < -0.4 is 0 Å². The normalized spacial score (nSPS) is 20.2. The van der Waals surface area contributed by atoms with E-state index in [9.17, 15) is 4.79 Å². The van der Waals surface area contributed by atoms with E-state index in [4.69, 9.17) is 4.42 Å². The standard InChI is InChI=1S/C22H32N4O2/c1-2-3-19-4-5-20(28-19)15-25-12-9-22(10-13-25)8-6-21(27)26(16-22)11-7-18-14-23-17-24-18/h4-5,14,17H,2-3,6-13,15-16H2,1H3,(H,23,24). The summed E-state index contributed by atoms with van der Waals surface area (Å²) in [6.07, 6.45) is 10.6. The lowest BCUT2D eigenvalue weighted by Crippen LogP contribution is -2.51. The number of nitrogens with one attached hydrogen (secondary N) is 1. The van der Waals surface area contributed by atoms with Gasteiger partial charge in [0.25, 0.3) is 0 Å². The van der Waals surface area contributed by atoms with Crippen molar-refractivity contribution < 1.29 is 9.21 Å². The van der Waals surface area contributed by atoms with Crippen LogP contribution >= 0.6 is 0 Å². The topological polar surface area (TPSA) is 65.4 Å². The molecule has 1 spiro atoms. The van der Waals surface area contributed by atoms with E-state index in [1.165, 1.54) is 12.8 Å². The van der Waals surface area contributed by atoms with Gasteiger partial charge in [-0.25, -0.2) is 4.98 Å². The minimum atomic E-state index is 0.301. The van der Waals surface area contributed by atoms with Gasteiger partial charge >= 0.3 is 0 Å². The summed E-state index contributed by atoms with van der Waals surface area (Å²) in [6.45, 7) is 6.97. The fourth-order valence-corrected chi connectivity index (χ4v) is 4.68. The van der Waals surface area contributed by atoms with Crippen molar-refractivity contribution in [1.29, 1.82) is 0 Å². The molecule has 2 fully saturated rings. The molecule has 4 heterocycles. The first kappa shape index (κ1) is 19.2. The second-order valence-corrected chi connectivity index (χ2v) is 8.54. The summed E-state index contributed by atoms with van der Waals surface area (Å²) in [5.41, 5.74) is 1.40. The van der Waals surface area contributed by atoms with Gasteiger partial charge < -0.3 is 14.3 Å².